The molecule has 0 saturated carbocycles. The topological polar surface area (TPSA) is 0 Å². The summed E-state index contributed by atoms with van der Waals surface area (Å²) in [6.07, 6.45) is 0. The van der Waals surface area contributed by atoms with E-state index in [4.69, 9.17) is 45.7 Å². The molecular formula is C19H15Cl4P. The Morgan fingerprint density at radius 2 is 1.08 bits per heavy atom. The Hall–Kier alpha value is -0.750. The Balaban J connectivity index is 2.44. The van der Waals surface area contributed by atoms with Crippen molar-refractivity contribution in [2.24, 2.45) is 0 Å². The molecule has 0 atom stereocenters. The second-order valence-corrected chi connectivity index (χ2v) is 14.3. The van der Waals surface area contributed by atoms with Gasteiger partial charge < -0.3 is 0 Å². The molecule has 0 bridgehead atoms. The molecule has 124 valence electrons. The molecule has 0 aliphatic heterocycles. The summed E-state index contributed by atoms with van der Waals surface area (Å²) < 4.78 is 0. The fourth-order valence-electron chi connectivity index (χ4n) is 2.75. The van der Waals surface area contributed by atoms with Crippen molar-refractivity contribution in [2.45, 2.75) is 6.92 Å². The van der Waals surface area contributed by atoms with Crippen molar-refractivity contribution < 1.29 is 0 Å². The molecule has 0 radical (unpaired) electrons. The summed E-state index contributed by atoms with van der Waals surface area (Å²) in [5, 5.41) is -0.528. The average Bonchev–Trinajstić information content (AvgIpc) is 2.61. The van der Waals surface area contributed by atoms with Crippen LogP contribution in [0, 0.1) is 6.92 Å². The predicted octanol–water partition coefficient (Wildman–Crippen LogP) is 6.44. The van der Waals surface area contributed by atoms with E-state index < -0.39 is 5.31 Å². The molecule has 3 rings (SSSR count). The molecule has 0 spiro atoms. The zero-order valence-electron chi connectivity index (χ0n) is 12.9. The summed E-state index contributed by atoms with van der Waals surface area (Å²) in [6.45, 7) is 1.90. The van der Waals surface area contributed by atoms with E-state index in [0.29, 0.717) is 15.3 Å². The summed E-state index contributed by atoms with van der Waals surface area (Å²) in [5.41, 5.74) is 0.887. The van der Waals surface area contributed by atoms with Gasteiger partial charge in [-0.25, -0.2) is 0 Å². The molecule has 0 aliphatic rings. The van der Waals surface area contributed by atoms with Gasteiger partial charge in [0.25, 0.3) is 0 Å². The van der Waals surface area contributed by atoms with Gasteiger partial charge in [-0.2, -0.15) is 0 Å². The molecular weight excluding hydrogens is 401 g/mol. The Labute approximate surface area is 161 Å². The molecule has 0 aromatic heterocycles. The van der Waals surface area contributed by atoms with Crippen molar-refractivity contribution in [3.8, 4) is 0 Å². The molecule has 0 N–H and O–H groups in total. The first-order valence-electron chi connectivity index (χ1n) is 7.37. The molecule has 3 aromatic rings. The average molecular weight is 416 g/mol. The minimum atomic E-state index is -3.75. The zero-order valence-corrected chi connectivity index (χ0v) is 16.8. The van der Waals surface area contributed by atoms with Gasteiger partial charge in [0, 0.05) is 0 Å². The summed E-state index contributed by atoms with van der Waals surface area (Å²) in [5.74, 6) is 0. The van der Waals surface area contributed by atoms with Crippen LogP contribution in [-0.4, -0.2) is 0 Å². The van der Waals surface area contributed by atoms with Gasteiger partial charge >= 0.3 is 162 Å². The molecule has 0 aliphatic carbocycles. The number of hydrogen-bond donors (Lipinski definition) is 0. The summed E-state index contributed by atoms with van der Waals surface area (Å²) in [4.78, 5) is 0. The van der Waals surface area contributed by atoms with Crippen molar-refractivity contribution in [3.05, 3.63) is 88.4 Å². The molecule has 0 fully saturated rings. The molecule has 24 heavy (non-hydrogen) atoms. The van der Waals surface area contributed by atoms with Crippen LogP contribution in [0.1, 0.15) is 5.56 Å². The van der Waals surface area contributed by atoms with Gasteiger partial charge in [-0.1, -0.05) is 0 Å². The molecule has 5 heteroatoms. The number of rotatable bonds is 3. The normalized spacial score (nSPS) is 13.3. The van der Waals surface area contributed by atoms with Crippen LogP contribution < -0.4 is 15.9 Å². The van der Waals surface area contributed by atoms with Crippen LogP contribution in [0.2, 0.25) is 10.0 Å². The van der Waals surface area contributed by atoms with Crippen molar-refractivity contribution in [3.63, 3.8) is 0 Å². The number of benzene rings is 3. The van der Waals surface area contributed by atoms with E-state index in [1.165, 1.54) is 0 Å². The van der Waals surface area contributed by atoms with Crippen molar-refractivity contribution in [1.82, 2.24) is 0 Å². The summed E-state index contributed by atoms with van der Waals surface area (Å²) in [7, 11) is 0. The number of halogens is 4. The third-order valence-electron chi connectivity index (χ3n) is 4.10. The second kappa shape index (κ2) is 6.52. The van der Waals surface area contributed by atoms with Crippen molar-refractivity contribution in [1.29, 1.82) is 0 Å². The fraction of sp³-hybridized carbons (Fsp3) is 0.0526. The molecule has 0 unspecified atom stereocenters. The van der Waals surface area contributed by atoms with Gasteiger partial charge in [0.1, 0.15) is 0 Å². The van der Waals surface area contributed by atoms with Gasteiger partial charge in [-0.3, -0.25) is 0 Å². The first kappa shape index (κ1) is 18.1. The van der Waals surface area contributed by atoms with E-state index in [-0.39, 0.29) is 0 Å². The molecule has 0 nitrogen and oxygen atoms in total. The summed E-state index contributed by atoms with van der Waals surface area (Å²) >= 11 is 27.7. The van der Waals surface area contributed by atoms with E-state index in [1.54, 1.807) is 0 Å². The first-order valence-corrected chi connectivity index (χ1v) is 12.2. The Morgan fingerprint density at radius 3 is 1.54 bits per heavy atom. The standard InChI is InChI=1S/C19H15Cl4P/c1-14-12-13-17(19(21)18(14)20)24(22,23,15-8-4-2-5-9-15)16-10-6-3-7-11-16/h2-13H,1H3. The van der Waals surface area contributed by atoms with E-state index in [9.17, 15) is 0 Å². The maximum absolute atomic E-state index is 7.35. The van der Waals surface area contributed by atoms with E-state index in [0.717, 1.165) is 16.2 Å². The van der Waals surface area contributed by atoms with Crippen LogP contribution in [-0.2, 0) is 0 Å². The van der Waals surface area contributed by atoms with Gasteiger partial charge in [-0.05, 0) is 0 Å². The zero-order chi connectivity index (χ0) is 17.4. The third kappa shape index (κ3) is 2.75. The van der Waals surface area contributed by atoms with Crippen LogP contribution in [0.4, 0.5) is 0 Å². The quantitative estimate of drug-likeness (QED) is 0.432. The van der Waals surface area contributed by atoms with E-state index in [1.807, 2.05) is 79.7 Å². The monoisotopic (exact) mass is 414 g/mol. The Morgan fingerprint density at radius 1 is 0.625 bits per heavy atom. The molecule has 0 saturated heterocycles. The van der Waals surface area contributed by atoms with Gasteiger partial charge in [0.2, 0.25) is 0 Å². The molecule has 0 amide bonds. The predicted molar refractivity (Wildman–Crippen MR) is 112 cm³/mol. The van der Waals surface area contributed by atoms with Crippen LogP contribution in [0.5, 0.6) is 0 Å². The number of aryl methyl sites for hydroxylation is 1. The van der Waals surface area contributed by atoms with Gasteiger partial charge in [-0.15, -0.1) is 0 Å². The number of hydrogen-bond acceptors (Lipinski definition) is 0. The van der Waals surface area contributed by atoms with Gasteiger partial charge in [0.05, 0.1) is 0 Å². The molecule has 3 aromatic carbocycles. The summed E-state index contributed by atoms with van der Waals surface area (Å²) in [6, 6.07) is 23.1. The third-order valence-corrected chi connectivity index (χ3v) is 12.3. The van der Waals surface area contributed by atoms with Crippen molar-refractivity contribution in [2.75, 3.05) is 0 Å². The second-order valence-electron chi connectivity index (χ2n) is 5.61. The van der Waals surface area contributed by atoms with E-state index >= 15 is 0 Å². The maximum atomic E-state index is 7.35. The Kier molecular flexibility index (Phi) is 4.91. The van der Waals surface area contributed by atoms with Crippen LogP contribution in [0.15, 0.2) is 72.8 Å². The molecule has 0 heterocycles. The minimum absolute atomic E-state index is 0.409. The van der Waals surface area contributed by atoms with Crippen molar-refractivity contribution >= 4 is 66.9 Å². The van der Waals surface area contributed by atoms with Gasteiger partial charge in [0.15, 0.2) is 0 Å². The SMILES string of the molecule is Cc1ccc(P(Cl)(Cl)(c2ccccc2)c2ccccc2)c(Cl)c1Cl. The van der Waals surface area contributed by atoms with Crippen LogP contribution in [0.3, 0.4) is 0 Å². The fourth-order valence-corrected chi connectivity index (χ4v) is 9.19. The van der Waals surface area contributed by atoms with Crippen LogP contribution in [0.25, 0.3) is 0 Å². The Bertz CT molecular complexity index is 833. The first-order chi connectivity index (χ1) is 11.4. The van der Waals surface area contributed by atoms with Crippen LogP contribution >= 0.6 is 51.0 Å². The van der Waals surface area contributed by atoms with E-state index in [2.05, 4.69) is 0 Å².